The van der Waals surface area contributed by atoms with Crippen LogP contribution >= 0.6 is 0 Å². The van der Waals surface area contributed by atoms with E-state index in [0.29, 0.717) is 11.6 Å². The lowest BCUT2D eigenvalue weighted by atomic mass is 10.1. The first kappa shape index (κ1) is 10.9. The van der Waals surface area contributed by atoms with E-state index >= 15 is 0 Å². The van der Waals surface area contributed by atoms with E-state index in [9.17, 15) is 4.39 Å². The van der Waals surface area contributed by atoms with Crippen molar-refractivity contribution in [1.82, 2.24) is 9.78 Å². The van der Waals surface area contributed by atoms with E-state index in [1.807, 2.05) is 16.9 Å². The van der Waals surface area contributed by atoms with Gasteiger partial charge in [-0.25, -0.2) is 4.39 Å². The van der Waals surface area contributed by atoms with Crippen molar-refractivity contribution in [3.63, 3.8) is 0 Å². The van der Waals surface area contributed by atoms with Crippen LogP contribution in [0.25, 0.3) is 11.1 Å². The Bertz CT molecular complexity index is 500. The number of benzene rings is 1. The monoisotopic (exact) mass is 218 g/mol. The summed E-state index contributed by atoms with van der Waals surface area (Å²) in [6.07, 6.45) is 3.71. The zero-order valence-electron chi connectivity index (χ0n) is 9.74. The van der Waals surface area contributed by atoms with E-state index in [2.05, 4.69) is 18.9 Å². The molecule has 1 aromatic carbocycles. The van der Waals surface area contributed by atoms with E-state index in [0.717, 1.165) is 11.1 Å². The summed E-state index contributed by atoms with van der Waals surface area (Å²) in [4.78, 5) is 0. The number of halogens is 1. The van der Waals surface area contributed by atoms with E-state index in [4.69, 9.17) is 0 Å². The third-order valence-corrected chi connectivity index (χ3v) is 2.64. The molecule has 0 bridgehead atoms. The largest absolute Gasteiger partial charge is 0.270 e. The fourth-order valence-electron chi connectivity index (χ4n) is 1.54. The van der Waals surface area contributed by atoms with E-state index in [1.54, 1.807) is 25.3 Å². The molecule has 0 saturated carbocycles. The van der Waals surface area contributed by atoms with Crippen molar-refractivity contribution >= 4 is 0 Å². The van der Waals surface area contributed by atoms with Gasteiger partial charge in [0.2, 0.25) is 0 Å². The fraction of sp³-hybridized carbons (Fsp3) is 0.308. The maximum Gasteiger partial charge on any atom is 0.126 e. The van der Waals surface area contributed by atoms with Crippen molar-refractivity contribution in [2.24, 2.45) is 0 Å². The van der Waals surface area contributed by atoms with Crippen LogP contribution in [-0.2, 0) is 0 Å². The Morgan fingerprint density at radius 2 is 2.00 bits per heavy atom. The second-order valence-electron chi connectivity index (χ2n) is 4.27. The maximum atomic E-state index is 13.4. The van der Waals surface area contributed by atoms with Crippen LogP contribution in [0.1, 0.15) is 25.5 Å². The standard InChI is InChI=1S/C13H15FN2/c1-9(2)16-8-12(7-15-16)11-5-4-10(3)13(14)6-11/h4-9H,1-3H3. The third kappa shape index (κ3) is 1.98. The zero-order valence-corrected chi connectivity index (χ0v) is 9.74. The van der Waals surface area contributed by atoms with Gasteiger partial charge in [-0.1, -0.05) is 12.1 Å². The van der Waals surface area contributed by atoms with Gasteiger partial charge in [0.15, 0.2) is 0 Å². The Labute approximate surface area is 94.7 Å². The molecule has 1 heterocycles. The average molecular weight is 218 g/mol. The molecule has 16 heavy (non-hydrogen) atoms. The molecular formula is C13H15FN2. The normalized spacial score (nSPS) is 11.1. The highest BCUT2D eigenvalue weighted by molar-refractivity contribution is 5.62. The van der Waals surface area contributed by atoms with Crippen molar-refractivity contribution in [2.45, 2.75) is 26.8 Å². The predicted molar refractivity (Wildman–Crippen MR) is 62.7 cm³/mol. The SMILES string of the molecule is Cc1ccc(-c2cnn(C(C)C)c2)cc1F. The molecule has 0 aliphatic carbocycles. The summed E-state index contributed by atoms with van der Waals surface area (Å²) in [6, 6.07) is 5.58. The van der Waals surface area contributed by atoms with Crippen LogP contribution in [0, 0.1) is 12.7 Å². The highest BCUT2D eigenvalue weighted by Crippen LogP contribution is 2.22. The van der Waals surface area contributed by atoms with Gasteiger partial charge in [0.05, 0.1) is 6.20 Å². The Balaban J connectivity index is 2.39. The van der Waals surface area contributed by atoms with Gasteiger partial charge in [-0.05, 0) is 38.0 Å². The first-order valence-electron chi connectivity index (χ1n) is 5.38. The molecule has 1 aromatic heterocycles. The van der Waals surface area contributed by atoms with Gasteiger partial charge in [0.1, 0.15) is 5.82 Å². The Hall–Kier alpha value is -1.64. The molecule has 2 aromatic rings. The molecular weight excluding hydrogens is 203 g/mol. The van der Waals surface area contributed by atoms with Crippen LogP contribution in [0.4, 0.5) is 4.39 Å². The quantitative estimate of drug-likeness (QED) is 0.753. The minimum absolute atomic E-state index is 0.171. The van der Waals surface area contributed by atoms with Gasteiger partial charge in [-0.2, -0.15) is 5.10 Å². The molecule has 0 atom stereocenters. The molecule has 0 fully saturated rings. The number of hydrogen-bond acceptors (Lipinski definition) is 1. The van der Waals surface area contributed by atoms with E-state index in [1.165, 1.54) is 0 Å². The van der Waals surface area contributed by atoms with Crippen LogP contribution in [0.5, 0.6) is 0 Å². The average Bonchev–Trinajstić information content (AvgIpc) is 2.71. The summed E-state index contributed by atoms with van der Waals surface area (Å²) in [5.74, 6) is -0.171. The van der Waals surface area contributed by atoms with E-state index in [-0.39, 0.29) is 5.82 Å². The Kier molecular flexibility index (Phi) is 2.77. The smallest absolute Gasteiger partial charge is 0.126 e. The molecule has 0 spiro atoms. The van der Waals surface area contributed by atoms with E-state index < -0.39 is 0 Å². The van der Waals surface area contributed by atoms with Gasteiger partial charge in [0, 0.05) is 17.8 Å². The zero-order chi connectivity index (χ0) is 11.7. The van der Waals surface area contributed by atoms with Crippen LogP contribution < -0.4 is 0 Å². The van der Waals surface area contributed by atoms with Crippen molar-refractivity contribution in [2.75, 3.05) is 0 Å². The molecule has 0 saturated heterocycles. The molecule has 0 N–H and O–H groups in total. The second kappa shape index (κ2) is 4.08. The van der Waals surface area contributed by atoms with Crippen molar-refractivity contribution in [3.05, 3.63) is 42.0 Å². The van der Waals surface area contributed by atoms with Crippen molar-refractivity contribution < 1.29 is 4.39 Å². The third-order valence-electron chi connectivity index (χ3n) is 2.64. The molecule has 0 aliphatic rings. The first-order chi connectivity index (χ1) is 7.58. The van der Waals surface area contributed by atoms with Crippen molar-refractivity contribution in [1.29, 1.82) is 0 Å². The highest BCUT2D eigenvalue weighted by atomic mass is 19.1. The van der Waals surface area contributed by atoms with Crippen LogP contribution in [0.3, 0.4) is 0 Å². The number of aryl methyl sites for hydroxylation is 1. The molecule has 84 valence electrons. The lowest BCUT2D eigenvalue weighted by Crippen LogP contribution is -1.99. The Morgan fingerprint density at radius 1 is 1.25 bits per heavy atom. The summed E-state index contributed by atoms with van der Waals surface area (Å²) >= 11 is 0. The minimum Gasteiger partial charge on any atom is -0.270 e. The van der Waals surface area contributed by atoms with Gasteiger partial charge in [-0.3, -0.25) is 4.68 Å². The summed E-state index contributed by atoms with van der Waals surface area (Å²) in [5, 5.41) is 4.24. The molecule has 0 radical (unpaired) electrons. The summed E-state index contributed by atoms with van der Waals surface area (Å²) in [6.45, 7) is 5.88. The molecule has 0 aliphatic heterocycles. The lowest BCUT2D eigenvalue weighted by Gasteiger charge is -2.03. The molecule has 2 rings (SSSR count). The first-order valence-corrected chi connectivity index (χ1v) is 5.38. The number of aromatic nitrogens is 2. The second-order valence-corrected chi connectivity index (χ2v) is 4.27. The number of hydrogen-bond donors (Lipinski definition) is 0. The van der Waals surface area contributed by atoms with Gasteiger partial charge in [0.25, 0.3) is 0 Å². The lowest BCUT2D eigenvalue weighted by molar-refractivity contribution is 0.532. The van der Waals surface area contributed by atoms with Gasteiger partial charge in [-0.15, -0.1) is 0 Å². The highest BCUT2D eigenvalue weighted by Gasteiger charge is 2.06. The van der Waals surface area contributed by atoms with Gasteiger partial charge >= 0.3 is 0 Å². The molecule has 2 nitrogen and oxygen atoms in total. The Morgan fingerprint density at radius 3 is 2.56 bits per heavy atom. The molecule has 0 amide bonds. The molecule has 3 heteroatoms. The predicted octanol–water partition coefficient (Wildman–Crippen LogP) is 3.58. The van der Waals surface area contributed by atoms with Gasteiger partial charge < -0.3 is 0 Å². The summed E-state index contributed by atoms with van der Waals surface area (Å²) in [7, 11) is 0. The molecule has 0 unspecified atom stereocenters. The van der Waals surface area contributed by atoms with Crippen LogP contribution in [0.2, 0.25) is 0 Å². The van der Waals surface area contributed by atoms with Crippen molar-refractivity contribution in [3.8, 4) is 11.1 Å². The minimum atomic E-state index is -0.171. The van der Waals surface area contributed by atoms with Crippen LogP contribution in [-0.4, -0.2) is 9.78 Å². The fourth-order valence-corrected chi connectivity index (χ4v) is 1.54. The topological polar surface area (TPSA) is 17.8 Å². The summed E-state index contributed by atoms with van der Waals surface area (Å²) in [5.41, 5.74) is 2.49. The van der Waals surface area contributed by atoms with Crippen LogP contribution in [0.15, 0.2) is 30.6 Å². The number of nitrogens with zero attached hydrogens (tertiary/aromatic N) is 2. The maximum absolute atomic E-state index is 13.4. The number of rotatable bonds is 2. The summed E-state index contributed by atoms with van der Waals surface area (Å²) < 4.78 is 15.3.